The van der Waals surface area contributed by atoms with Crippen molar-refractivity contribution in [3.05, 3.63) is 121 Å². The van der Waals surface area contributed by atoms with Crippen LogP contribution in [0.1, 0.15) is 5.56 Å². The molecule has 0 bridgehead atoms. The summed E-state index contributed by atoms with van der Waals surface area (Å²) in [7, 11) is -2.34. The summed E-state index contributed by atoms with van der Waals surface area (Å²) in [6.07, 6.45) is 0. The van der Waals surface area contributed by atoms with Gasteiger partial charge >= 0.3 is 156 Å². The molecule has 0 fully saturated rings. The Hall–Kier alpha value is -2.69. The van der Waals surface area contributed by atoms with Crippen molar-refractivity contribution in [2.45, 2.75) is 6.92 Å². The third kappa shape index (κ3) is 2.77. The predicted octanol–water partition coefficient (Wildman–Crippen LogP) is 4.35. The molecule has 0 aliphatic heterocycles. The zero-order valence-electron chi connectivity index (χ0n) is 15.0. The fourth-order valence-corrected chi connectivity index (χ4v) is 9.06. The van der Waals surface area contributed by atoms with Gasteiger partial charge in [-0.15, -0.1) is 0 Å². The Bertz CT molecular complexity index is 879. The maximum absolute atomic E-state index is 2.34. The molecule has 4 aromatic carbocycles. The number of aryl methyl sites for hydroxylation is 1. The normalized spacial score (nSPS) is 11.9. The maximum atomic E-state index is 2.33. The Balaban J connectivity index is 2.17. The van der Waals surface area contributed by atoms with E-state index in [-0.39, 0.29) is 0 Å². The van der Waals surface area contributed by atoms with Gasteiger partial charge in [0.05, 0.1) is 0 Å². The van der Waals surface area contributed by atoms with E-state index in [0.29, 0.717) is 0 Å². The minimum absolute atomic E-state index is 1.36. The Morgan fingerprint density at radius 1 is 0.423 bits per heavy atom. The second-order valence-corrected chi connectivity index (χ2v) is 10.4. The number of benzene rings is 4. The summed E-state index contributed by atoms with van der Waals surface area (Å²) in [6, 6.07) is 42.0. The van der Waals surface area contributed by atoms with Crippen molar-refractivity contribution in [2.24, 2.45) is 0 Å². The van der Waals surface area contributed by atoms with Crippen LogP contribution in [0.15, 0.2) is 115 Å². The van der Waals surface area contributed by atoms with E-state index in [2.05, 4.69) is 122 Å². The molecule has 0 saturated heterocycles. The number of hydrogen-bond donors (Lipinski definition) is 0. The molecule has 0 aliphatic carbocycles. The van der Waals surface area contributed by atoms with E-state index in [1.807, 2.05) is 0 Å². The van der Waals surface area contributed by atoms with Crippen LogP contribution in [0.25, 0.3) is 0 Å². The molecule has 26 heavy (non-hydrogen) atoms. The van der Waals surface area contributed by atoms with Crippen LogP contribution in [0.4, 0.5) is 0 Å². The van der Waals surface area contributed by atoms with E-state index in [9.17, 15) is 0 Å². The van der Waals surface area contributed by atoms with E-state index in [4.69, 9.17) is 0 Å². The van der Waals surface area contributed by atoms with Crippen LogP contribution >= 0.6 is 7.26 Å². The first-order chi connectivity index (χ1) is 12.8. The summed E-state index contributed by atoms with van der Waals surface area (Å²) in [5.74, 6) is 0. The van der Waals surface area contributed by atoms with Crippen molar-refractivity contribution >= 4 is 28.5 Å². The topological polar surface area (TPSA) is 0 Å². The SMILES string of the molecule is Cc1ccccc1[PH](c1ccccc1)(c1ccccc1)c1ccccc1. The average Bonchev–Trinajstić information content (AvgIpc) is 2.72. The molecule has 0 atom stereocenters. The van der Waals surface area contributed by atoms with Gasteiger partial charge in [0.1, 0.15) is 0 Å². The van der Waals surface area contributed by atoms with Crippen LogP contribution < -0.4 is 21.2 Å². The molecule has 0 saturated carbocycles. The summed E-state index contributed by atoms with van der Waals surface area (Å²) in [6.45, 7) is 2.24. The molecule has 0 N–H and O–H groups in total. The molecular weight excluding hydrogens is 331 g/mol. The van der Waals surface area contributed by atoms with Crippen LogP contribution in [-0.2, 0) is 0 Å². The van der Waals surface area contributed by atoms with Crippen molar-refractivity contribution in [2.75, 3.05) is 0 Å². The van der Waals surface area contributed by atoms with Crippen molar-refractivity contribution in [3.8, 4) is 0 Å². The van der Waals surface area contributed by atoms with Crippen LogP contribution in [0.5, 0.6) is 0 Å². The first-order valence-electron chi connectivity index (χ1n) is 9.06. The quantitative estimate of drug-likeness (QED) is 0.478. The second-order valence-electron chi connectivity index (χ2n) is 6.66. The fraction of sp³-hybridized carbons (Fsp3) is 0.0400. The van der Waals surface area contributed by atoms with Gasteiger partial charge in [0.2, 0.25) is 0 Å². The standard InChI is InChI=1S/C25H23P/c1-21-13-11-12-20-25(21)26(22-14-5-2-6-15-22,23-16-7-3-8-17-23)24-18-9-4-10-19-24/h2-20,26H,1H3. The zero-order chi connectivity index (χ0) is 17.8. The number of hydrogen-bond acceptors (Lipinski definition) is 0. The van der Waals surface area contributed by atoms with Gasteiger partial charge in [0.15, 0.2) is 0 Å². The van der Waals surface area contributed by atoms with Crippen LogP contribution in [0, 0.1) is 6.92 Å². The van der Waals surface area contributed by atoms with E-state index < -0.39 is 7.26 Å². The minimum atomic E-state index is -2.34. The van der Waals surface area contributed by atoms with Gasteiger partial charge in [-0.2, -0.15) is 0 Å². The van der Waals surface area contributed by atoms with E-state index in [1.165, 1.54) is 26.8 Å². The van der Waals surface area contributed by atoms with Gasteiger partial charge in [0.25, 0.3) is 0 Å². The van der Waals surface area contributed by atoms with Crippen LogP contribution in [0.3, 0.4) is 0 Å². The van der Waals surface area contributed by atoms with Gasteiger partial charge in [-0.25, -0.2) is 0 Å². The first-order valence-corrected chi connectivity index (χ1v) is 11.1. The fourth-order valence-electron chi connectivity index (χ4n) is 4.02. The predicted molar refractivity (Wildman–Crippen MR) is 117 cm³/mol. The van der Waals surface area contributed by atoms with Gasteiger partial charge in [-0.1, -0.05) is 0 Å². The summed E-state index contributed by atoms with van der Waals surface area (Å²) in [5, 5.41) is 5.73. The van der Waals surface area contributed by atoms with E-state index in [1.54, 1.807) is 0 Å². The molecule has 0 aliphatic rings. The van der Waals surface area contributed by atoms with Gasteiger partial charge in [-0.3, -0.25) is 0 Å². The van der Waals surface area contributed by atoms with Crippen LogP contribution in [-0.4, -0.2) is 0 Å². The van der Waals surface area contributed by atoms with Crippen molar-refractivity contribution in [3.63, 3.8) is 0 Å². The molecule has 4 aromatic rings. The molecule has 0 spiro atoms. The third-order valence-electron chi connectivity index (χ3n) is 5.17. The molecule has 0 nitrogen and oxygen atoms in total. The Morgan fingerprint density at radius 3 is 1.15 bits per heavy atom. The first kappa shape index (κ1) is 16.8. The van der Waals surface area contributed by atoms with E-state index >= 15 is 0 Å². The average molecular weight is 354 g/mol. The van der Waals surface area contributed by atoms with Crippen molar-refractivity contribution in [1.82, 2.24) is 0 Å². The molecule has 0 radical (unpaired) electrons. The number of rotatable bonds is 4. The summed E-state index contributed by atoms with van der Waals surface area (Å²) in [4.78, 5) is 0. The molecule has 0 amide bonds. The Morgan fingerprint density at radius 2 is 0.769 bits per heavy atom. The summed E-state index contributed by atoms with van der Waals surface area (Å²) < 4.78 is 0. The third-order valence-corrected chi connectivity index (χ3v) is 10.1. The molecule has 0 unspecified atom stereocenters. The molecule has 0 aromatic heterocycles. The molecule has 128 valence electrons. The van der Waals surface area contributed by atoms with E-state index in [0.717, 1.165) is 0 Å². The zero-order valence-corrected chi connectivity index (χ0v) is 16.0. The summed E-state index contributed by atoms with van der Waals surface area (Å²) in [5.41, 5.74) is 1.36. The van der Waals surface area contributed by atoms with Crippen molar-refractivity contribution in [1.29, 1.82) is 0 Å². The molecule has 0 heterocycles. The Labute approximate surface area is 156 Å². The van der Waals surface area contributed by atoms with Gasteiger partial charge in [0, 0.05) is 0 Å². The molecular formula is C25H23P. The van der Waals surface area contributed by atoms with Crippen LogP contribution in [0.2, 0.25) is 0 Å². The van der Waals surface area contributed by atoms with Gasteiger partial charge in [-0.05, 0) is 0 Å². The van der Waals surface area contributed by atoms with Gasteiger partial charge < -0.3 is 0 Å². The Kier molecular flexibility index (Phi) is 4.69. The summed E-state index contributed by atoms with van der Waals surface area (Å²) >= 11 is 0. The second kappa shape index (κ2) is 7.28. The van der Waals surface area contributed by atoms with Crippen molar-refractivity contribution < 1.29 is 0 Å². The monoisotopic (exact) mass is 354 g/mol. The molecule has 4 rings (SSSR count). The molecule has 1 heteroatoms.